The fourth-order valence-electron chi connectivity index (χ4n) is 4.21. The van der Waals surface area contributed by atoms with Crippen molar-refractivity contribution in [3.63, 3.8) is 0 Å². The van der Waals surface area contributed by atoms with E-state index in [4.69, 9.17) is 17.2 Å². The number of imidazole rings is 1. The monoisotopic (exact) mass is 605 g/mol. The number of H-pyrrole nitrogens is 1. The van der Waals surface area contributed by atoms with Crippen molar-refractivity contribution < 1.29 is 23.6 Å². The van der Waals surface area contributed by atoms with Gasteiger partial charge in [0.1, 0.15) is 23.9 Å². The highest BCUT2D eigenvalue weighted by Gasteiger charge is 2.29. The molecule has 0 aliphatic rings. The Morgan fingerprint density at radius 1 is 0.886 bits per heavy atom. The van der Waals surface area contributed by atoms with Crippen LogP contribution < -0.4 is 33.2 Å². The molecule has 0 fully saturated rings. The van der Waals surface area contributed by atoms with Crippen LogP contribution in [0.25, 0.3) is 6.08 Å². The first kappa shape index (κ1) is 33.0. The molecule has 44 heavy (non-hydrogen) atoms. The largest absolute Gasteiger partial charge is 0.370 e. The molecule has 0 saturated carbocycles. The van der Waals surface area contributed by atoms with Crippen LogP contribution in [0.4, 0.5) is 4.39 Å². The molecule has 0 spiro atoms. The minimum Gasteiger partial charge on any atom is -0.370 e. The zero-order valence-electron chi connectivity index (χ0n) is 23.9. The van der Waals surface area contributed by atoms with Crippen LogP contribution in [0.3, 0.4) is 0 Å². The summed E-state index contributed by atoms with van der Waals surface area (Å²) in [6, 6.07) is 11.5. The minimum absolute atomic E-state index is 0.0134. The van der Waals surface area contributed by atoms with E-state index in [1.807, 2.05) is 6.07 Å². The van der Waals surface area contributed by atoms with Gasteiger partial charge in [0.2, 0.25) is 23.6 Å². The SMILES string of the molecule is NC(=O)[C@@H](CCCN=C(N)N)NC(=O)[C@@H](Cc1ccccc1)NC(=O)[C@H](Cc1cnc[nH]1)NC(=O)/C=C/c1ccccc1F. The topological polar surface area (TPSA) is 223 Å². The number of halogens is 1. The van der Waals surface area contributed by atoms with Crippen molar-refractivity contribution in [3.05, 3.63) is 95.8 Å². The van der Waals surface area contributed by atoms with E-state index < -0.39 is 47.6 Å². The average molecular weight is 606 g/mol. The summed E-state index contributed by atoms with van der Waals surface area (Å²) in [6.45, 7) is 0.229. The van der Waals surface area contributed by atoms with Gasteiger partial charge < -0.3 is 38.1 Å². The molecule has 3 rings (SSSR count). The molecule has 1 heterocycles. The molecule has 1 aromatic heterocycles. The van der Waals surface area contributed by atoms with Crippen LogP contribution in [-0.2, 0) is 32.0 Å². The maximum absolute atomic E-state index is 14.0. The van der Waals surface area contributed by atoms with Gasteiger partial charge in [-0.15, -0.1) is 0 Å². The molecule has 3 aromatic rings. The molecule has 0 bridgehead atoms. The van der Waals surface area contributed by atoms with E-state index in [1.165, 1.54) is 36.8 Å². The molecule has 0 saturated heterocycles. The van der Waals surface area contributed by atoms with E-state index in [0.717, 1.165) is 11.6 Å². The van der Waals surface area contributed by atoms with Crippen LogP contribution >= 0.6 is 0 Å². The smallest absolute Gasteiger partial charge is 0.244 e. The quantitative estimate of drug-likeness (QED) is 0.0513. The molecule has 13 nitrogen and oxygen atoms in total. The standard InChI is InChI=1S/C30H36FN9O4/c31-22-10-5-4-9-20(22)12-13-26(41)38-25(16-21-17-35-18-37-21)29(44)40-24(15-19-7-2-1-3-8-19)28(43)39-23(27(32)42)11-6-14-36-30(33)34/h1-5,7-10,12-13,17-18,23-25H,6,11,14-16H2,(H2,32,42)(H,35,37)(H,38,41)(H,39,43)(H,40,44)(H4,33,34,36)/b13-12+/t23-,24-,25+/m1/s1. The zero-order chi connectivity index (χ0) is 31.9. The highest BCUT2D eigenvalue weighted by atomic mass is 19.1. The Balaban J connectivity index is 1.78. The number of aromatic amines is 1. The number of hydrogen-bond acceptors (Lipinski definition) is 6. The van der Waals surface area contributed by atoms with Crippen LogP contribution in [0.2, 0.25) is 0 Å². The number of rotatable bonds is 16. The Morgan fingerprint density at radius 3 is 2.18 bits per heavy atom. The first-order chi connectivity index (χ1) is 21.1. The molecule has 0 radical (unpaired) electrons. The zero-order valence-corrected chi connectivity index (χ0v) is 23.9. The van der Waals surface area contributed by atoms with Crippen molar-refractivity contribution in [2.24, 2.45) is 22.2 Å². The number of primary amides is 1. The summed E-state index contributed by atoms with van der Waals surface area (Å²) >= 11 is 0. The highest BCUT2D eigenvalue weighted by molar-refractivity contribution is 5.97. The molecule has 0 aliphatic heterocycles. The third-order valence-corrected chi connectivity index (χ3v) is 6.45. The molecule has 14 heteroatoms. The number of nitrogens with two attached hydrogens (primary N) is 3. The maximum atomic E-state index is 14.0. The van der Waals surface area contributed by atoms with Gasteiger partial charge in [0.05, 0.1) is 6.33 Å². The number of benzene rings is 2. The summed E-state index contributed by atoms with van der Waals surface area (Å²) in [7, 11) is 0. The van der Waals surface area contributed by atoms with Crippen molar-refractivity contribution in [1.29, 1.82) is 0 Å². The van der Waals surface area contributed by atoms with Crippen molar-refractivity contribution in [2.75, 3.05) is 6.54 Å². The van der Waals surface area contributed by atoms with Crippen molar-refractivity contribution in [1.82, 2.24) is 25.9 Å². The molecular formula is C30H36FN9O4. The third-order valence-electron chi connectivity index (χ3n) is 6.45. The highest BCUT2D eigenvalue weighted by Crippen LogP contribution is 2.09. The predicted octanol–water partition coefficient (Wildman–Crippen LogP) is 0.0407. The lowest BCUT2D eigenvalue weighted by Gasteiger charge is -2.24. The Morgan fingerprint density at radius 2 is 1.55 bits per heavy atom. The van der Waals surface area contributed by atoms with E-state index >= 15 is 0 Å². The van der Waals surface area contributed by atoms with E-state index in [1.54, 1.807) is 30.3 Å². The molecule has 0 unspecified atom stereocenters. The van der Waals surface area contributed by atoms with E-state index in [-0.39, 0.29) is 37.3 Å². The van der Waals surface area contributed by atoms with Gasteiger partial charge in [0.25, 0.3) is 0 Å². The number of amides is 4. The Hall–Kier alpha value is -5.53. The number of carbonyl (C=O) groups excluding carboxylic acids is 4. The van der Waals surface area contributed by atoms with Gasteiger partial charge >= 0.3 is 0 Å². The maximum Gasteiger partial charge on any atom is 0.244 e. The van der Waals surface area contributed by atoms with Crippen molar-refractivity contribution >= 4 is 35.7 Å². The summed E-state index contributed by atoms with van der Waals surface area (Å²) < 4.78 is 14.0. The fraction of sp³-hybridized carbons (Fsp3) is 0.267. The number of guanidine groups is 1. The van der Waals surface area contributed by atoms with E-state index in [2.05, 4.69) is 30.9 Å². The van der Waals surface area contributed by atoms with Gasteiger partial charge in [0.15, 0.2) is 5.96 Å². The number of nitrogens with zero attached hydrogens (tertiary/aromatic N) is 2. The third kappa shape index (κ3) is 11.0. The van der Waals surface area contributed by atoms with Gasteiger partial charge in [0, 0.05) is 42.9 Å². The normalized spacial score (nSPS) is 12.9. The first-order valence-corrected chi connectivity index (χ1v) is 13.8. The first-order valence-electron chi connectivity index (χ1n) is 13.8. The second-order valence-corrected chi connectivity index (χ2v) is 9.86. The van der Waals surface area contributed by atoms with Crippen molar-refractivity contribution in [3.8, 4) is 0 Å². The summed E-state index contributed by atoms with van der Waals surface area (Å²) in [5.74, 6) is -3.37. The molecular weight excluding hydrogens is 569 g/mol. The predicted molar refractivity (Wildman–Crippen MR) is 163 cm³/mol. The molecule has 10 N–H and O–H groups in total. The second-order valence-electron chi connectivity index (χ2n) is 9.86. The Labute approximate surface area is 253 Å². The molecule has 3 atom stereocenters. The van der Waals surface area contributed by atoms with Crippen LogP contribution in [-0.4, -0.2) is 64.2 Å². The van der Waals surface area contributed by atoms with E-state index in [0.29, 0.717) is 12.1 Å². The number of carbonyl (C=O) groups is 4. The Kier molecular flexibility index (Phi) is 12.6. The van der Waals surface area contributed by atoms with Gasteiger partial charge in [-0.2, -0.15) is 0 Å². The number of aliphatic imine (C=N–C) groups is 1. The number of nitrogens with one attached hydrogen (secondary N) is 4. The number of aromatic nitrogens is 2. The van der Waals surface area contributed by atoms with Gasteiger partial charge in [-0.05, 0) is 30.5 Å². The lowest BCUT2D eigenvalue weighted by Crippen LogP contribution is -2.57. The van der Waals surface area contributed by atoms with Crippen LogP contribution in [0, 0.1) is 5.82 Å². The molecule has 232 valence electrons. The van der Waals surface area contributed by atoms with E-state index in [9.17, 15) is 23.6 Å². The summed E-state index contributed by atoms with van der Waals surface area (Å²) in [5, 5.41) is 7.92. The van der Waals surface area contributed by atoms with Gasteiger partial charge in [-0.1, -0.05) is 48.5 Å². The molecule has 2 aromatic carbocycles. The fourth-order valence-corrected chi connectivity index (χ4v) is 4.21. The lowest BCUT2D eigenvalue weighted by molar-refractivity contribution is -0.132. The summed E-state index contributed by atoms with van der Waals surface area (Å²) in [5.41, 5.74) is 17.7. The summed E-state index contributed by atoms with van der Waals surface area (Å²) in [4.78, 5) is 62.6. The average Bonchev–Trinajstić information content (AvgIpc) is 3.51. The van der Waals surface area contributed by atoms with Gasteiger partial charge in [-0.3, -0.25) is 24.2 Å². The van der Waals surface area contributed by atoms with Gasteiger partial charge in [-0.25, -0.2) is 9.37 Å². The van der Waals surface area contributed by atoms with Crippen LogP contribution in [0.5, 0.6) is 0 Å². The minimum atomic E-state index is -1.15. The lowest BCUT2D eigenvalue weighted by atomic mass is 10.0. The second kappa shape index (κ2) is 16.8. The van der Waals surface area contributed by atoms with Crippen LogP contribution in [0.15, 0.2) is 78.2 Å². The number of hydrogen-bond donors (Lipinski definition) is 7. The van der Waals surface area contributed by atoms with Crippen molar-refractivity contribution in [2.45, 2.75) is 43.8 Å². The summed E-state index contributed by atoms with van der Waals surface area (Å²) in [6.07, 6.45) is 5.94. The molecule has 0 aliphatic carbocycles. The Bertz CT molecular complexity index is 1460. The molecule has 4 amide bonds. The van der Waals surface area contributed by atoms with Crippen LogP contribution in [0.1, 0.15) is 29.7 Å².